The van der Waals surface area contributed by atoms with Crippen molar-refractivity contribution in [3.63, 3.8) is 0 Å². The molecule has 0 aromatic heterocycles. The number of aliphatic imine (C=N–C) groups is 1. The van der Waals surface area contributed by atoms with Gasteiger partial charge in [-0.3, -0.25) is 9.69 Å². The standard InChI is InChI=1S/C26H24N2O2S/c1-19-17-23(30-2)14-13-21(19)18-24-25(29)28(16-15-20-9-5-3-6-10-20)26(31-24)27-22-11-7-4-8-12-22/h3-14,17-18H,15-16H2,1-2H3/b24-18-,27-26?. The van der Waals surface area contributed by atoms with Crippen molar-refractivity contribution in [3.05, 3.63) is 100 Å². The smallest absolute Gasteiger partial charge is 0.266 e. The summed E-state index contributed by atoms with van der Waals surface area (Å²) in [6.07, 6.45) is 2.72. The number of hydrogen-bond acceptors (Lipinski definition) is 4. The van der Waals surface area contributed by atoms with E-state index in [1.165, 1.54) is 17.3 Å². The average molecular weight is 429 g/mol. The van der Waals surface area contributed by atoms with E-state index >= 15 is 0 Å². The Morgan fingerprint density at radius 3 is 2.39 bits per heavy atom. The van der Waals surface area contributed by atoms with Gasteiger partial charge in [0.1, 0.15) is 5.75 Å². The number of amidine groups is 1. The molecule has 1 aliphatic heterocycles. The van der Waals surface area contributed by atoms with Gasteiger partial charge in [0.2, 0.25) is 0 Å². The van der Waals surface area contributed by atoms with Crippen LogP contribution < -0.4 is 4.74 Å². The van der Waals surface area contributed by atoms with Gasteiger partial charge in [0.15, 0.2) is 5.17 Å². The zero-order valence-corrected chi connectivity index (χ0v) is 18.4. The summed E-state index contributed by atoms with van der Waals surface area (Å²) in [6, 6.07) is 25.8. The maximum atomic E-state index is 13.3. The molecule has 1 saturated heterocycles. The van der Waals surface area contributed by atoms with E-state index in [1.54, 1.807) is 12.0 Å². The Balaban J connectivity index is 1.64. The number of carbonyl (C=O) groups excluding carboxylic acids is 1. The molecule has 31 heavy (non-hydrogen) atoms. The number of hydrogen-bond donors (Lipinski definition) is 0. The molecule has 0 N–H and O–H groups in total. The van der Waals surface area contributed by atoms with Gasteiger partial charge < -0.3 is 4.74 Å². The van der Waals surface area contributed by atoms with Crippen LogP contribution in [-0.2, 0) is 11.2 Å². The van der Waals surface area contributed by atoms with E-state index in [2.05, 4.69) is 12.1 Å². The second-order valence-corrected chi connectivity index (χ2v) is 8.26. The van der Waals surface area contributed by atoms with E-state index in [1.807, 2.05) is 79.7 Å². The lowest BCUT2D eigenvalue weighted by Gasteiger charge is -2.15. The molecule has 0 aliphatic carbocycles. The van der Waals surface area contributed by atoms with Crippen molar-refractivity contribution in [2.24, 2.45) is 4.99 Å². The van der Waals surface area contributed by atoms with E-state index in [9.17, 15) is 4.79 Å². The highest BCUT2D eigenvalue weighted by Crippen LogP contribution is 2.35. The van der Waals surface area contributed by atoms with Crippen LogP contribution in [0.2, 0.25) is 0 Å². The first-order chi connectivity index (χ1) is 15.1. The van der Waals surface area contributed by atoms with Gasteiger partial charge in [0.05, 0.1) is 17.7 Å². The van der Waals surface area contributed by atoms with Crippen molar-refractivity contribution in [3.8, 4) is 5.75 Å². The number of aryl methyl sites for hydroxylation is 1. The third-order valence-electron chi connectivity index (χ3n) is 5.10. The molecule has 3 aromatic carbocycles. The summed E-state index contributed by atoms with van der Waals surface area (Å²) in [7, 11) is 1.65. The van der Waals surface area contributed by atoms with E-state index in [0.717, 1.165) is 29.0 Å². The lowest BCUT2D eigenvalue weighted by Crippen LogP contribution is -2.31. The first kappa shape index (κ1) is 20.9. The molecule has 0 atom stereocenters. The SMILES string of the molecule is COc1ccc(/C=C2\SC(=Nc3ccccc3)N(CCc3ccccc3)C2=O)c(C)c1. The molecular weight excluding hydrogens is 404 g/mol. The maximum absolute atomic E-state index is 13.3. The van der Waals surface area contributed by atoms with Crippen molar-refractivity contribution in [1.29, 1.82) is 0 Å². The topological polar surface area (TPSA) is 41.9 Å². The third kappa shape index (κ3) is 5.06. The number of para-hydroxylation sites is 1. The van der Waals surface area contributed by atoms with E-state index in [0.29, 0.717) is 16.6 Å². The number of benzene rings is 3. The summed E-state index contributed by atoms with van der Waals surface area (Å²) in [5.74, 6) is 0.798. The highest BCUT2D eigenvalue weighted by molar-refractivity contribution is 8.18. The van der Waals surface area contributed by atoms with Crippen molar-refractivity contribution < 1.29 is 9.53 Å². The molecule has 1 fully saturated rings. The second kappa shape index (κ2) is 9.67. The molecule has 4 nitrogen and oxygen atoms in total. The Bertz CT molecular complexity index is 1120. The second-order valence-electron chi connectivity index (χ2n) is 7.26. The number of nitrogens with zero attached hydrogens (tertiary/aromatic N) is 2. The minimum atomic E-state index is -0.00849. The van der Waals surface area contributed by atoms with Gasteiger partial charge >= 0.3 is 0 Å². The number of thioether (sulfide) groups is 1. The molecule has 5 heteroatoms. The molecular formula is C26H24N2O2S. The number of rotatable bonds is 6. The third-order valence-corrected chi connectivity index (χ3v) is 6.11. The largest absolute Gasteiger partial charge is 0.497 e. The maximum Gasteiger partial charge on any atom is 0.266 e. The summed E-state index contributed by atoms with van der Waals surface area (Å²) in [5.41, 5.74) is 4.09. The van der Waals surface area contributed by atoms with Gasteiger partial charge in [-0.25, -0.2) is 4.99 Å². The molecule has 3 aromatic rings. The molecule has 4 rings (SSSR count). The number of ether oxygens (including phenoxy) is 1. The number of carbonyl (C=O) groups is 1. The Morgan fingerprint density at radius 1 is 1.00 bits per heavy atom. The Kier molecular flexibility index (Phi) is 6.53. The van der Waals surface area contributed by atoms with Gasteiger partial charge in [0.25, 0.3) is 5.91 Å². The zero-order chi connectivity index (χ0) is 21.6. The minimum Gasteiger partial charge on any atom is -0.497 e. The fraction of sp³-hybridized carbons (Fsp3) is 0.154. The predicted octanol–water partition coefficient (Wildman–Crippen LogP) is 5.85. The van der Waals surface area contributed by atoms with E-state index in [-0.39, 0.29) is 5.91 Å². The summed E-state index contributed by atoms with van der Waals surface area (Å²) < 4.78 is 5.30. The summed E-state index contributed by atoms with van der Waals surface area (Å²) in [4.78, 5) is 20.5. The Hall–Kier alpha value is -3.31. The number of amides is 1. The lowest BCUT2D eigenvalue weighted by molar-refractivity contribution is -0.122. The van der Waals surface area contributed by atoms with Crippen LogP contribution in [0, 0.1) is 6.92 Å². The zero-order valence-electron chi connectivity index (χ0n) is 17.6. The van der Waals surface area contributed by atoms with Crippen LogP contribution >= 0.6 is 11.8 Å². The normalized spacial score (nSPS) is 16.3. The molecule has 0 saturated carbocycles. The molecule has 0 radical (unpaired) electrons. The van der Waals surface area contributed by atoms with Crippen LogP contribution in [0.15, 0.2) is 88.8 Å². The van der Waals surface area contributed by atoms with E-state index < -0.39 is 0 Å². The highest BCUT2D eigenvalue weighted by Gasteiger charge is 2.33. The average Bonchev–Trinajstić information content (AvgIpc) is 3.09. The molecule has 1 amide bonds. The van der Waals surface area contributed by atoms with Crippen LogP contribution in [0.3, 0.4) is 0 Å². The highest BCUT2D eigenvalue weighted by atomic mass is 32.2. The van der Waals surface area contributed by atoms with Gasteiger partial charge in [-0.15, -0.1) is 0 Å². The summed E-state index contributed by atoms with van der Waals surface area (Å²) >= 11 is 1.43. The Morgan fingerprint density at radius 2 is 1.71 bits per heavy atom. The van der Waals surface area contributed by atoms with E-state index in [4.69, 9.17) is 9.73 Å². The molecule has 156 valence electrons. The quantitative estimate of drug-likeness (QED) is 0.463. The summed E-state index contributed by atoms with van der Waals surface area (Å²) in [6.45, 7) is 2.60. The first-order valence-corrected chi connectivity index (χ1v) is 11.0. The van der Waals surface area contributed by atoms with Crippen molar-refractivity contribution >= 4 is 34.6 Å². The molecule has 0 unspecified atom stereocenters. The van der Waals surface area contributed by atoms with Gasteiger partial charge in [-0.1, -0.05) is 54.6 Å². The van der Waals surface area contributed by atoms with Crippen molar-refractivity contribution in [2.75, 3.05) is 13.7 Å². The first-order valence-electron chi connectivity index (χ1n) is 10.2. The summed E-state index contributed by atoms with van der Waals surface area (Å²) in [5, 5.41) is 0.713. The fourth-order valence-electron chi connectivity index (χ4n) is 3.37. The van der Waals surface area contributed by atoms with Crippen molar-refractivity contribution in [1.82, 2.24) is 4.90 Å². The van der Waals surface area contributed by atoms with Gasteiger partial charge in [-0.05, 0) is 72.1 Å². The molecule has 0 bridgehead atoms. The van der Waals surface area contributed by atoms with Crippen LogP contribution in [0.25, 0.3) is 6.08 Å². The van der Waals surface area contributed by atoms with Gasteiger partial charge in [-0.2, -0.15) is 0 Å². The molecule has 1 aliphatic rings. The molecule has 0 spiro atoms. The van der Waals surface area contributed by atoms with Crippen molar-refractivity contribution in [2.45, 2.75) is 13.3 Å². The van der Waals surface area contributed by atoms with Crippen LogP contribution in [-0.4, -0.2) is 29.6 Å². The van der Waals surface area contributed by atoms with Crippen LogP contribution in [0.1, 0.15) is 16.7 Å². The van der Waals surface area contributed by atoms with Crippen LogP contribution in [0.5, 0.6) is 5.75 Å². The lowest BCUT2D eigenvalue weighted by atomic mass is 10.1. The fourth-order valence-corrected chi connectivity index (χ4v) is 4.38. The minimum absolute atomic E-state index is 0.00849. The Labute approximate surface area is 187 Å². The predicted molar refractivity (Wildman–Crippen MR) is 129 cm³/mol. The van der Waals surface area contributed by atoms with Crippen LogP contribution in [0.4, 0.5) is 5.69 Å². The number of methoxy groups -OCH3 is 1. The molecule has 1 heterocycles. The monoisotopic (exact) mass is 428 g/mol. The van der Waals surface area contributed by atoms with Gasteiger partial charge in [0, 0.05) is 6.54 Å².